The van der Waals surface area contributed by atoms with Gasteiger partial charge in [-0.1, -0.05) is 18.2 Å². The van der Waals surface area contributed by atoms with E-state index >= 15 is 0 Å². The first kappa shape index (κ1) is 28.2. The van der Waals surface area contributed by atoms with Crippen LogP contribution in [0.5, 0.6) is 5.75 Å². The molecule has 0 amide bonds. The number of hydrogen-bond acceptors (Lipinski definition) is 10. The summed E-state index contributed by atoms with van der Waals surface area (Å²) in [6.07, 6.45) is 0. The topological polar surface area (TPSA) is 133 Å². The average molecular weight is 563 g/mol. The molecule has 13 heteroatoms. The lowest BCUT2D eigenvalue weighted by Gasteiger charge is -2.25. The zero-order chi connectivity index (χ0) is 27.2. The van der Waals surface area contributed by atoms with Crippen molar-refractivity contribution in [3.63, 3.8) is 0 Å². The van der Waals surface area contributed by atoms with Gasteiger partial charge in [-0.2, -0.15) is 8.42 Å². The minimum absolute atomic E-state index is 0.0102. The van der Waals surface area contributed by atoms with Crippen LogP contribution in [0.3, 0.4) is 0 Å². The number of fused-ring (bicyclic) bond motifs is 1. The maximum Gasteiger partial charge on any atom is 0.339 e. The maximum atomic E-state index is 13.1. The first-order chi connectivity index (χ1) is 18.2. The van der Waals surface area contributed by atoms with Gasteiger partial charge in [-0.3, -0.25) is 0 Å². The summed E-state index contributed by atoms with van der Waals surface area (Å²) < 4.78 is 58.8. The normalized spacial score (nSPS) is 16.7. The number of anilines is 1. The van der Waals surface area contributed by atoms with E-state index in [1.807, 2.05) is 0 Å². The number of nitrogens with zero attached hydrogens (tertiary/aromatic N) is 3. The highest BCUT2D eigenvalue weighted by Gasteiger charge is 2.25. The molecule has 0 radical (unpaired) electrons. The molecule has 1 saturated heterocycles. The first-order valence-electron chi connectivity index (χ1n) is 12.4. The molecule has 0 unspecified atom stereocenters. The lowest BCUT2D eigenvalue weighted by molar-refractivity contribution is 0.488. The fraction of sp³-hybridized carbons (Fsp3) is 0.400. The maximum absolute atomic E-state index is 13.1. The second-order valence-electron chi connectivity index (χ2n) is 9.00. The van der Waals surface area contributed by atoms with Crippen LogP contribution >= 0.6 is 0 Å². The third-order valence-corrected chi connectivity index (χ3v) is 9.28. The van der Waals surface area contributed by atoms with Crippen molar-refractivity contribution in [3.05, 3.63) is 54.6 Å². The van der Waals surface area contributed by atoms with E-state index in [0.717, 1.165) is 43.6 Å². The van der Waals surface area contributed by atoms with Gasteiger partial charge in [0.05, 0.1) is 4.90 Å². The molecule has 2 heterocycles. The van der Waals surface area contributed by atoms with Gasteiger partial charge in [0, 0.05) is 71.8 Å². The van der Waals surface area contributed by atoms with Crippen molar-refractivity contribution in [3.8, 4) is 5.75 Å². The largest absolute Gasteiger partial charge is 0.377 e. The molecule has 0 spiro atoms. The van der Waals surface area contributed by atoms with Crippen LogP contribution in [-0.2, 0) is 20.1 Å². The van der Waals surface area contributed by atoms with E-state index in [2.05, 4.69) is 20.9 Å². The molecule has 2 aromatic carbocycles. The number of hydrogen-bond donors (Lipinski definition) is 3. The van der Waals surface area contributed by atoms with Gasteiger partial charge in [0.25, 0.3) is 0 Å². The van der Waals surface area contributed by atoms with Crippen LogP contribution in [-0.4, -0.2) is 92.6 Å². The summed E-state index contributed by atoms with van der Waals surface area (Å²) in [5, 5.41) is 10.4. The van der Waals surface area contributed by atoms with Gasteiger partial charge < -0.3 is 25.0 Å². The summed E-state index contributed by atoms with van der Waals surface area (Å²) in [5.41, 5.74) is 0.154. The van der Waals surface area contributed by atoms with Gasteiger partial charge in [-0.15, -0.1) is 0 Å². The van der Waals surface area contributed by atoms with Gasteiger partial charge in [0.1, 0.15) is 16.2 Å². The lowest BCUT2D eigenvalue weighted by atomic mass is 10.2. The number of nitrogens with one attached hydrogen (secondary N) is 3. The van der Waals surface area contributed by atoms with Gasteiger partial charge in [0.15, 0.2) is 5.75 Å². The molecule has 3 aromatic rings. The Labute approximate surface area is 224 Å². The molecule has 0 bridgehead atoms. The lowest BCUT2D eigenvalue weighted by Crippen LogP contribution is -2.42. The predicted octanol–water partition coefficient (Wildman–Crippen LogP) is 0.842. The molecule has 0 atom stereocenters. The summed E-state index contributed by atoms with van der Waals surface area (Å²) in [6.45, 7) is 6.18. The van der Waals surface area contributed by atoms with Gasteiger partial charge in [-0.25, -0.2) is 17.7 Å². The van der Waals surface area contributed by atoms with Crippen LogP contribution < -0.4 is 25.0 Å². The standard InChI is InChI=1S/C25H34N6O5S2/c1-30(2)37(32,33)23-10-9-22(36-38(34,35)20-6-4-3-5-7-20)25-21(23)8-11-24(29-25)31-18-16-27-14-12-26-13-15-28-17-19-31/h3-11,26-28H,12-19H2,1-2H3. The highest BCUT2D eigenvalue weighted by molar-refractivity contribution is 7.89. The third kappa shape index (κ3) is 6.60. The van der Waals surface area contributed by atoms with Gasteiger partial charge in [-0.05, 0) is 36.4 Å². The number of pyridine rings is 1. The first-order valence-corrected chi connectivity index (χ1v) is 15.3. The summed E-state index contributed by atoms with van der Waals surface area (Å²) in [5.74, 6) is 0.553. The molecule has 4 rings (SSSR count). The summed E-state index contributed by atoms with van der Waals surface area (Å²) >= 11 is 0. The Morgan fingerprint density at radius 1 is 0.789 bits per heavy atom. The molecule has 11 nitrogen and oxygen atoms in total. The predicted molar refractivity (Wildman–Crippen MR) is 148 cm³/mol. The van der Waals surface area contributed by atoms with Crippen LogP contribution in [0, 0.1) is 0 Å². The molecular formula is C25H34N6O5S2. The zero-order valence-electron chi connectivity index (χ0n) is 21.6. The molecule has 0 saturated carbocycles. The van der Waals surface area contributed by atoms with Crippen molar-refractivity contribution < 1.29 is 21.0 Å². The molecule has 206 valence electrons. The number of aromatic nitrogens is 1. The monoisotopic (exact) mass is 562 g/mol. The number of sulfonamides is 1. The second kappa shape index (κ2) is 12.4. The van der Waals surface area contributed by atoms with E-state index in [1.54, 1.807) is 30.3 Å². The zero-order valence-corrected chi connectivity index (χ0v) is 23.2. The van der Waals surface area contributed by atoms with Gasteiger partial charge >= 0.3 is 10.1 Å². The van der Waals surface area contributed by atoms with Crippen molar-refractivity contribution in [1.29, 1.82) is 0 Å². The quantitative estimate of drug-likeness (QED) is 0.371. The molecule has 1 aliphatic rings. The minimum atomic E-state index is -4.17. The van der Waals surface area contributed by atoms with Crippen molar-refractivity contribution >= 4 is 36.9 Å². The Morgan fingerprint density at radius 3 is 2.00 bits per heavy atom. The summed E-state index contributed by atoms with van der Waals surface area (Å²) in [6, 6.07) is 13.9. The smallest absolute Gasteiger partial charge is 0.339 e. The van der Waals surface area contributed by atoms with Crippen molar-refractivity contribution in [2.45, 2.75) is 9.79 Å². The highest BCUT2D eigenvalue weighted by atomic mass is 32.2. The van der Waals surface area contributed by atoms with E-state index < -0.39 is 20.1 Å². The van der Waals surface area contributed by atoms with Crippen LogP contribution in [0.25, 0.3) is 10.9 Å². The van der Waals surface area contributed by atoms with E-state index in [9.17, 15) is 16.8 Å². The fourth-order valence-corrected chi connectivity index (χ4v) is 6.11. The summed E-state index contributed by atoms with van der Waals surface area (Å²) in [7, 11) is -5.12. The highest BCUT2D eigenvalue weighted by Crippen LogP contribution is 2.34. The fourth-order valence-electron chi connectivity index (χ4n) is 4.07. The van der Waals surface area contributed by atoms with E-state index in [-0.39, 0.29) is 26.4 Å². The number of rotatable bonds is 6. The van der Waals surface area contributed by atoms with Crippen molar-refractivity contribution in [2.75, 3.05) is 71.4 Å². The average Bonchev–Trinajstić information content (AvgIpc) is 2.89. The van der Waals surface area contributed by atoms with Crippen LogP contribution in [0.15, 0.2) is 64.4 Å². The molecule has 1 fully saturated rings. The Hall–Kier alpha value is -2.81. The Morgan fingerprint density at radius 2 is 1.39 bits per heavy atom. The van der Waals surface area contributed by atoms with Crippen LogP contribution in [0.1, 0.15) is 0 Å². The Kier molecular flexibility index (Phi) is 9.18. The van der Waals surface area contributed by atoms with Crippen molar-refractivity contribution in [2.24, 2.45) is 0 Å². The van der Waals surface area contributed by atoms with E-state index in [1.165, 1.54) is 38.4 Å². The summed E-state index contributed by atoms with van der Waals surface area (Å²) in [4.78, 5) is 6.85. The second-order valence-corrected chi connectivity index (χ2v) is 12.7. The van der Waals surface area contributed by atoms with Gasteiger partial charge in [0.2, 0.25) is 10.0 Å². The Balaban J connectivity index is 1.78. The molecule has 1 aliphatic heterocycles. The minimum Gasteiger partial charge on any atom is -0.377 e. The van der Waals surface area contributed by atoms with E-state index in [4.69, 9.17) is 9.17 Å². The Bertz CT molecular complexity index is 1440. The molecule has 1 aromatic heterocycles. The van der Waals surface area contributed by atoms with Crippen molar-refractivity contribution in [1.82, 2.24) is 25.2 Å². The third-order valence-electron chi connectivity index (χ3n) is 6.15. The molecular weight excluding hydrogens is 528 g/mol. The SMILES string of the molecule is CN(C)S(=O)(=O)c1ccc(OS(=O)(=O)c2ccccc2)c2nc(N3CCNCCNCCNCC3)ccc12. The van der Waals surface area contributed by atoms with E-state index in [0.29, 0.717) is 18.9 Å². The molecule has 0 aliphatic carbocycles. The van der Waals surface area contributed by atoms with Crippen LogP contribution in [0.2, 0.25) is 0 Å². The van der Waals surface area contributed by atoms with Crippen LogP contribution in [0.4, 0.5) is 5.82 Å². The molecule has 3 N–H and O–H groups in total. The molecule has 38 heavy (non-hydrogen) atoms. The number of benzene rings is 2.